The highest BCUT2D eigenvalue weighted by atomic mass is 79.9. The van der Waals surface area contributed by atoms with E-state index in [0.717, 1.165) is 28.2 Å². The number of aromatic nitrogens is 2. The van der Waals surface area contributed by atoms with Gasteiger partial charge < -0.3 is 15.0 Å². The van der Waals surface area contributed by atoms with Crippen LogP contribution >= 0.6 is 27.5 Å². The van der Waals surface area contributed by atoms with Crippen LogP contribution in [-0.4, -0.2) is 24.1 Å². The van der Waals surface area contributed by atoms with E-state index in [9.17, 15) is 0 Å². The maximum Gasteiger partial charge on any atom is 0.138 e. The van der Waals surface area contributed by atoms with Crippen LogP contribution in [0.25, 0.3) is 11.4 Å². The third-order valence-corrected chi connectivity index (χ3v) is 3.46. The summed E-state index contributed by atoms with van der Waals surface area (Å²) in [5.41, 5.74) is 1.92. The van der Waals surface area contributed by atoms with Crippen LogP contribution < -0.4 is 10.1 Å². The van der Waals surface area contributed by atoms with Gasteiger partial charge in [-0.05, 0) is 41.2 Å². The Bertz CT molecular complexity index is 556. The number of ether oxygens (including phenoxy) is 1. The summed E-state index contributed by atoms with van der Waals surface area (Å²) in [6.07, 6.45) is 0. The summed E-state index contributed by atoms with van der Waals surface area (Å²) in [4.78, 5) is 7.66. The van der Waals surface area contributed by atoms with Gasteiger partial charge in [-0.25, -0.2) is 4.98 Å². The van der Waals surface area contributed by atoms with Gasteiger partial charge in [0.25, 0.3) is 0 Å². The molecule has 0 aliphatic carbocycles. The summed E-state index contributed by atoms with van der Waals surface area (Å²) in [7, 11) is 3.48. The van der Waals surface area contributed by atoms with Crippen LogP contribution in [0.4, 0.5) is 0 Å². The molecule has 2 aromatic rings. The molecule has 18 heavy (non-hydrogen) atoms. The van der Waals surface area contributed by atoms with Gasteiger partial charge in [0.2, 0.25) is 0 Å². The lowest BCUT2D eigenvalue weighted by atomic mass is 10.2. The lowest BCUT2D eigenvalue weighted by molar-refractivity contribution is 0.415. The molecule has 0 atom stereocenters. The third kappa shape index (κ3) is 2.68. The second kappa shape index (κ2) is 5.73. The van der Waals surface area contributed by atoms with Crippen molar-refractivity contribution in [3.05, 3.63) is 33.5 Å². The van der Waals surface area contributed by atoms with Gasteiger partial charge in [-0.1, -0.05) is 11.6 Å². The number of imidazole rings is 1. The first-order chi connectivity index (χ1) is 8.65. The van der Waals surface area contributed by atoms with Crippen molar-refractivity contribution in [3.8, 4) is 17.1 Å². The fraction of sp³-hybridized carbons (Fsp3) is 0.250. The number of hydrogen-bond donors (Lipinski definition) is 2. The predicted molar refractivity (Wildman–Crippen MR) is 76.0 cm³/mol. The van der Waals surface area contributed by atoms with E-state index in [1.54, 1.807) is 7.11 Å². The zero-order chi connectivity index (χ0) is 13.1. The lowest BCUT2D eigenvalue weighted by Gasteiger charge is -2.04. The third-order valence-electron chi connectivity index (χ3n) is 2.51. The molecule has 4 nitrogen and oxygen atoms in total. The van der Waals surface area contributed by atoms with Crippen molar-refractivity contribution in [1.29, 1.82) is 0 Å². The fourth-order valence-corrected chi connectivity index (χ4v) is 2.31. The Balaban J connectivity index is 2.36. The van der Waals surface area contributed by atoms with Gasteiger partial charge >= 0.3 is 0 Å². The number of aromatic amines is 1. The Kier molecular flexibility index (Phi) is 4.27. The van der Waals surface area contributed by atoms with Crippen LogP contribution in [0.1, 0.15) is 5.69 Å². The van der Waals surface area contributed by atoms with Crippen molar-refractivity contribution in [2.45, 2.75) is 6.54 Å². The van der Waals surface area contributed by atoms with Crippen molar-refractivity contribution in [2.75, 3.05) is 14.2 Å². The molecule has 0 bridgehead atoms. The molecule has 1 aromatic carbocycles. The van der Waals surface area contributed by atoms with Crippen LogP contribution in [0.15, 0.2) is 22.8 Å². The predicted octanol–water partition coefficient (Wildman–Crippen LogP) is 3.22. The smallest absolute Gasteiger partial charge is 0.138 e. The minimum absolute atomic E-state index is 0.567. The van der Waals surface area contributed by atoms with Crippen LogP contribution in [0.3, 0.4) is 0 Å². The molecule has 0 amide bonds. The second-order valence-electron chi connectivity index (χ2n) is 3.73. The summed E-state index contributed by atoms with van der Waals surface area (Å²) >= 11 is 9.52. The first-order valence-electron chi connectivity index (χ1n) is 5.38. The van der Waals surface area contributed by atoms with E-state index in [1.807, 2.05) is 25.2 Å². The Labute approximate surface area is 119 Å². The van der Waals surface area contributed by atoms with Gasteiger partial charge in [0.1, 0.15) is 16.2 Å². The number of hydrogen-bond acceptors (Lipinski definition) is 3. The molecular formula is C12H13BrClN3O. The number of benzene rings is 1. The largest absolute Gasteiger partial charge is 0.495 e. The van der Waals surface area contributed by atoms with Crippen molar-refractivity contribution in [3.63, 3.8) is 0 Å². The number of methoxy groups -OCH3 is 1. The number of rotatable bonds is 4. The van der Waals surface area contributed by atoms with Crippen LogP contribution in [0.5, 0.6) is 5.75 Å². The molecule has 0 unspecified atom stereocenters. The molecule has 0 saturated carbocycles. The maximum absolute atomic E-state index is 6.10. The van der Waals surface area contributed by atoms with Crippen LogP contribution in [-0.2, 0) is 6.54 Å². The molecule has 0 spiro atoms. The summed E-state index contributed by atoms with van der Waals surface area (Å²) in [5, 5.41) is 3.64. The Morgan fingerprint density at radius 2 is 2.28 bits per heavy atom. The van der Waals surface area contributed by atoms with Crippen molar-refractivity contribution in [1.82, 2.24) is 15.3 Å². The number of H-pyrrole nitrogens is 1. The topological polar surface area (TPSA) is 49.9 Å². The van der Waals surface area contributed by atoms with E-state index in [1.165, 1.54) is 0 Å². The van der Waals surface area contributed by atoms with E-state index < -0.39 is 0 Å². The quantitative estimate of drug-likeness (QED) is 0.905. The Morgan fingerprint density at radius 1 is 1.50 bits per heavy atom. The normalized spacial score (nSPS) is 10.7. The number of nitrogens with zero attached hydrogens (tertiary/aromatic N) is 1. The summed E-state index contributed by atoms with van der Waals surface area (Å²) in [6.45, 7) is 0.720. The van der Waals surface area contributed by atoms with Crippen molar-refractivity contribution < 1.29 is 4.74 Å². The van der Waals surface area contributed by atoms with Gasteiger partial charge in [-0.15, -0.1) is 0 Å². The number of nitrogens with one attached hydrogen (secondary N) is 2. The van der Waals surface area contributed by atoms with Gasteiger partial charge in [-0.3, -0.25) is 0 Å². The van der Waals surface area contributed by atoms with Crippen LogP contribution in [0.2, 0.25) is 5.02 Å². The van der Waals surface area contributed by atoms with Gasteiger partial charge in [0, 0.05) is 12.1 Å². The first kappa shape index (κ1) is 13.4. The molecule has 0 saturated heterocycles. The highest BCUT2D eigenvalue weighted by Crippen LogP contribution is 2.30. The van der Waals surface area contributed by atoms with Crippen molar-refractivity contribution >= 4 is 27.5 Å². The van der Waals surface area contributed by atoms with Crippen LogP contribution in [0, 0.1) is 0 Å². The molecule has 1 heterocycles. The molecule has 6 heteroatoms. The fourth-order valence-electron chi connectivity index (χ4n) is 1.63. The molecule has 96 valence electrons. The van der Waals surface area contributed by atoms with E-state index in [0.29, 0.717) is 10.8 Å². The van der Waals surface area contributed by atoms with E-state index in [4.69, 9.17) is 16.3 Å². The van der Waals surface area contributed by atoms with Crippen molar-refractivity contribution in [2.24, 2.45) is 0 Å². The maximum atomic E-state index is 6.10. The highest BCUT2D eigenvalue weighted by Gasteiger charge is 2.10. The first-order valence-corrected chi connectivity index (χ1v) is 6.55. The average molecular weight is 331 g/mol. The van der Waals surface area contributed by atoms with Gasteiger partial charge in [-0.2, -0.15) is 0 Å². The molecule has 2 rings (SSSR count). The summed E-state index contributed by atoms with van der Waals surface area (Å²) < 4.78 is 5.93. The van der Waals surface area contributed by atoms with E-state index >= 15 is 0 Å². The zero-order valence-corrected chi connectivity index (χ0v) is 12.4. The summed E-state index contributed by atoms with van der Waals surface area (Å²) in [5.74, 6) is 1.43. The van der Waals surface area contributed by atoms with E-state index in [-0.39, 0.29) is 0 Å². The molecule has 1 aromatic heterocycles. The van der Waals surface area contributed by atoms with Gasteiger partial charge in [0.05, 0.1) is 17.8 Å². The molecule has 0 fully saturated rings. The Hall–Kier alpha value is -1.04. The summed E-state index contributed by atoms with van der Waals surface area (Å²) in [6, 6.07) is 5.57. The minimum Gasteiger partial charge on any atom is -0.495 e. The standard InChI is InChI=1S/C12H13BrClN3O/c1-15-6-9-11(13)17-12(16-9)7-3-4-10(18-2)8(14)5-7/h3-5,15H,6H2,1-2H3,(H,16,17). The zero-order valence-electron chi connectivity index (χ0n) is 10.1. The molecule has 0 aliphatic heterocycles. The molecule has 0 radical (unpaired) electrons. The minimum atomic E-state index is 0.567. The van der Waals surface area contributed by atoms with E-state index in [2.05, 4.69) is 31.2 Å². The molecular weight excluding hydrogens is 318 g/mol. The lowest BCUT2D eigenvalue weighted by Crippen LogP contribution is -2.05. The highest BCUT2D eigenvalue weighted by molar-refractivity contribution is 9.10. The molecule has 2 N–H and O–H groups in total. The average Bonchev–Trinajstić information content (AvgIpc) is 2.71. The van der Waals surface area contributed by atoms with Gasteiger partial charge in [0.15, 0.2) is 0 Å². The SMILES string of the molecule is CNCc1[nH]c(-c2ccc(OC)c(Cl)c2)nc1Br. The number of halogens is 2. The molecule has 0 aliphatic rings. The Morgan fingerprint density at radius 3 is 2.89 bits per heavy atom. The monoisotopic (exact) mass is 329 g/mol. The second-order valence-corrected chi connectivity index (χ2v) is 4.89.